The van der Waals surface area contributed by atoms with Crippen molar-refractivity contribution in [2.24, 2.45) is 0 Å². The normalized spacial score (nSPS) is 16.2. The first-order valence-electron chi connectivity index (χ1n) is 5.43. The molecule has 0 aliphatic heterocycles. The molecule has 0 rings (SSSR count). The lowest BCUT2D eigenvalue weighted by molar-refractivity contribution is -0.397. The van der Waals surface area contributed by atoms with Gasteiger partial charge in [-0.25, -0.2) is 8.78 Å². The number of ether oxygens (including phenoxy) is 2. The second kappa shape index (κ2) is 8.40. The minimum absolute atomic E-state index is 0.316. The topological polar surface area (TPSA) is 18.5 Å². The first-order valence-corrected chi connectivity index (χ1v) is 5.43. The second-order valence-electron chi connectivity index (χ2n) is 3.73. The number of hydrogen-bond donors (Lipinski definition) is 0. The van der Waals surface area contributed by atoms with Crippen LogP contribution in [0.25, 0.3) is 0 Å². The predicted molar refractivity (Wildman–Crippen MR) is 50.5 cm³/mol. The molecule has 2 nitrogen and oxygen atoms in total. The van der Waals surface area contributed by atoms with Gasteiger partial charge in [-0.2, -0.15) is 35.1 Å². The summed E-state index contributed by atoms with van der Waals surface area (Å²) in [5.41, 5.74) is -5.83. The van der Waals surface area contributed by atoms with Gasteiger partial charge in [-0.05, 0) is 6.92 Å². The fraction of sp³-hybridized carbons (Fsp3) is 1.00. The van der Waals surface area contributed by atoms with E-state index in [9.17, 15) is 57.1 Å². The molecule has 0 saturated carbocycles. The summed E-state index contributed by atoms with van der Waals surface area (Å²) in [6.07, 6.45) is -22.3. The summed E-state index contributed by atoms with van der Waals surface area (Å²) in [7, 11) is 0. The van der Waals surface area contributed by atoms with Crippen molar-refractivity contribution in [3.63, 3.8) is 0 Å². The smallest absolute Gasteiger partial charge is 0.308 e. The van der Waals surface area contributed by atoms with E-state index in [0.717, 1.165) is 0 Å². The van der Waals surface area contributed by atoms with Gasteiger partial charge in [0.2, 0.25) is 0 Å². The van der Waals surface area contributed by atoms with Gasteiger partial charge in [-0.15, -0.1) is 13.2 Å². The van der Waals surface area contributed by atoms with E-state index in [4.69, 9.17) is 0 Å². The van der Waals surface area contributed by atoms with E-state index < -0.39 is 43.8 Å². The van der Waals surface area contributed by atoms with Crippen LogP contribution in [-0.2, 0) is 9.47 Å². The molecule has 15 heteroatoms. The molecular weight excluding hydrogens is 387 g/mol. The molecule has 0 aromatic carbocycles. The van der Waals surface area contributed by atoms with Crippen LogP contribution >= 0.6 is 0 Å². The van der Waals surface area contributed by atoms with E-state index in [0.29, 0.717) is 0 Å². The summed E-state index contributed by atoms with van der Waals surface area (Å²) in [5.74, 6) is 0. The average Bonchev–Trinajstić information content (AvgIpc) is 2.32. The van der Waals surface area contributed by atoms with Crippen molar-refractivity contribution < 1.29 is 66.5 Å². The summed E-state index contributed by atoms with van der Waals surface area (Å²) < 4.78 is 157. The number of hydrogen-bond acceptors (Lipinski definition) is 2. The van der Waals surface area contributed by atoms with E-state index in [1.807, 2.05) is 0 Å². The van der Waals surface area contributed by atoms with Crippen LogP contribution in [-0.4, -0.2) is 50.4 Å². The van der Waals surface area contributed by atoms with Crippen molar-refractivity contribution >= 4 is 0 Å². The third kappa shape index (κ3) is 8.75. The molecule has 0 heterocycles. The maximum Gasteiger partial charge on any atom is 0.522 e. The van der Waals surface area contributed by atoms with Gasteiger partial charge in [0.1, 0.15) is 13.3 Å². The Bertz CT molecular complexity index is 358. The lowest BCUT2D eigenvalue weighted by Crippen LogP contribution is -2.58. The zero-order valence-corrected chi connectivity index (χ0v) is 11.4. The van der Waals surface area contributed by atoms with Crippen LogP contribution in [0.2, 0.25) is 0 Å². The van der Waals surface area contributed by atoms with E-state index in [1.165, 1.54) is 6.92 Å². The molecule has 0 amide bonds. The van der Waals surface area contributed by atoms with Crippen LogP contribution in [0, 0.1) is 0 Å². The van der Waals surface area contributed by atoms with Gasteiger partial charge in [0.25, 0.3) is 0 Å². The SMILES string of the molecule is CCOC(F)(F)F.FCC(F)(C(F)(F)F)C(F)(F)OCC(F)(F)F. The van der Waals surface area contributed by atoms with E-state index >= 15 is 0 Å². The molecule has 0 aliphatic rings. The van der Waals surface area contributed by atoms with Gasteiger partial charge < -0.3 is 4.74 Å². The first kappa shape index (κ1) is 25.3. The largest absolute Gasteiger partial charge is 0.522 e. The fourth-order valence-electron chi connectivity index (χ4n) is 0.769. The Balaban J connectivity index is 0. The highest BCUT2D eigenvalue weighted by molar-refractivity contribution is 4.95. The predicted octanol–water partition coefficient (Wildman–Crippen LogP) is 4.94. The van der Waals surface area contributed by atoms with Crippen molar-refractivity contribution in [1.82, 2.24) is 0 Å². The van der Waals surface area contributed by atoms with Crippen molar-refractivity contribution in [1.29, 1.82) is 0 Å². The molecule has 24 heavy (non-hydrogen) atoms. The van der Waals surface area contributed by atoms with Gasteiger partial charge in [0, 0.05) is 0 Å². The summed E-state index contributed by atoms with van der Waals surface area (Å²) in [6, 6.07) is 0. The van der Waals surface area contributed by atoms with Gasteiger partial charge in [0.15, 0.2) is 0 Å². The molecule has 0 N–H and O–H groups in total. The number of rotatable bonds is 5. The molecule has 0 radical (unpaired) electrons. The Hall–Kier alpha value is -0.990. The Kier molecular flexibility index (Phi) is 8.84. The lowest BCUT2D eigenvalue weighted by atomic mass is 10.1. The van der Waals surface area contributed by atoms with Crippen LogP contribution in [0.5, 0.6) is 0 Å². The quantitative estimate of drug-likeness (QED) is 0.613. The van der Waals surface area contributed by atoms with E-state index in [1.54, 1.807) is 0 Å². The molecule has 0 aromatic heterocycles. The minimum atomic E-state index is -6.42. The van der Waals surface area contributed by atoms with Crippen LogP contribution < -0.4 is 0 Å². The monoisotopic (exact) mass is 396 g/mol. The molecule has 0 aromatic rings. The van der Waals surface area contributed by atoms with Crippen LogP contribution in [0.3, 0.4) is 0 Å². The number of alkyl halides is 13. The number of halogens is 13. The highest BCUT2D eigenvalue weighted by Gasteiger charge is 2.73. The van der Waals surface area contributed by atoms with Gasteiger partial charge in [-0.1, -0.05) is 0 Å². The summed E-state index contributed by atoms with van der Waals surface area (Å²) >= 11 is 0. The van der Waals surface area contributed by atoms with Crippen molar-refractivity contribution in [2.45, 2.75) is 37.4 Å². The summed E-state index contributed by atoms with van der Waals surface area (Å²) in [4.78, 5) is 0. The lowest BCUT2D eigenvalue weighted by Gasteiger charge is -2.32. The Labute approximate surface area is 125 Å². The molecule has 0 bridgehead atoms. The van der Waals surface area contributed by atoms with Gasteiger partial charge in [0.05, 0.1) is 6.61 Å². The van der Waals surface area contributed by atoms with Gasteiger partial charge >= 0.3 is 30.5 Å². The Morgan fingerprint density at radius 1 is 0.708 bits per heavy atom. The molecule has 1 atom stereocenters. The standard InChI is InChI=1S/C6H4F10O.C3H5F3O/c7-1-3(8,5(12,13)14)6(15,16)17-2-4(9,10)11;1-2-7-3(4,5)6/h1-2H2;2H2,1H3. The summed E-state index contributed by atoms with van der Waals surface area (Å²) in [6.45, 7) is -5.15. The first-order chi connectivity index (χ1) is 10.3. The van der Waals surface area contributed by atoms with Crippen molar-refractivity contribution in [3.05, 3.63) is 0 Å². The summed E-state index contributed by atoms with van der Waals surface area (Å²) in [5, 5.41) is 0. The maximum absolute atomic E-state index is 12.6. The van der Waals surface area contributed by atoms with Crippen LogP contribution in [0.4, 0.5) is 57.1 Å². The molecule has 0 aliphatic carbocycles. The highest BCUT2D eigenvalue weighted by atomic mass is 19.4. The third-order valence-corrected chi connectivity index (χ3v) is 1.82. The molecule has 0 fully saturated rings. The zero-order chi connectivity index (χ0) is 20.0. The zero-order valence-electron chi connectivity index (χ0n) is 11.4. The van der Waals surface area contributed by atoms with E-state index in [-0.39, 0.29) is 6.61 Å². The Morgan fingerprint density at radius 2 is 1.12 bits per heavy atom. The fourth-order valence-corrected chi connectivity index (χ4v) is 0.769. The molecule has 0 spiro atoms. The van der Waals surface area contributed by atoms with Gasteiger partial charge in [-0.3, -0.25) is 4.74 Å². The van der Waals surface area contributed by atoms with E-state index in [2.05, 4.69) is 9.47 Å². The molecule has 1 unspecified atom stereocenters. The van der Waals surface area contributed by atoms with Crippen LogP contribution in [0.15, 0.2) is 0 Å². The average molecular weight is 396 g/mol. The van der Waals surface area contributed by atoms with Crippen molar-refractivity contribution in [2.75, 3.05) is 19.9 Å². The van der Waals surface area contributed by atoms with Crippen LogP contribution in [0.1, 0.15) is 6.92 Å². The minimum Gasteiger partial charge on any atom is -0.308 e. The maximum atomic E-state index is 12.6. The second-order valence-corrected chi connectivity index (χ2v) is 3.73. The van der Waals surface area contributed by atoms with Crippen molar-refractivity contribution in [3.8, 4) is 0 Å². The highest BCUT2D eigenvalue weighted by Crippen LogP contribution is 2.46. The third-order valence-electron chi connectivity index (χ3n) is 1.82. The Morgan fingerprint density at radius 3 is 1.29 bits per heavy atom. The molecular formula is C9H9F13O2. The molecule has 148 valence electrons. The molecule has 0 saturated heterocycles.